The van der Waals surface area contributed by atoms with E-state index >= 15 is 0 Å². The summed E-state index contributed by atoms with van der Waals surface area (Å²) in [6.07, 6.45) is 5.75. The molecule has 1 fully saturated rings. The van der Waals surface area contributed by atoms with Crippen molar-refractivity contribution >= 4 is 5.91 Å². The van der Waals surface area contributed by atoms with Crippen LogP contribution < -0.4 is 5.73 Å². The zero-order valence-corrected chi connectivity index (χ0v) is 10.0. The number of hydrogen-bond acceptors (Lipinski definition) is 2. The predicted molar refractivity (Wildman–Crippen MR) is 62.5 cm³/mol. The third-order valence-electron chi connectivity index (χ3n) is 3.46. The van der Waals surface area contributed by atoms with Crippen LogP contribution in [0.5, 0.6) is 0 Å². The van der Waals surface area contributed by atoms with Gasteiger partial charge >= 0.3 is 0 Å². The maximum Gasteiger partial charge on any atom is 0.239 e. The van der Waals surface area contributed by atoms with Crippen molar-refractivity contribution in [2.24, 2.45) is 11.7 Å². The number of carbonyl (C=O) groups excluding carboxylic acids is 1. The minimum Gasteiger partial charge on any atom is -0.341 e. The summed E-state index contributed by atoms with van der Waals surface area (Å²) in [7, 11) is 0. The molecule has 15 heavy (non-hydrogen) atoms. The molecule has 0 aromatic rings. The van der Waals surface area contributed by atoms with Crippen LogP contribution in [0, 0.1) is 5.92 Å². The molecule has 0 bridgehead atoms. The highest BCUT2D eigenvalue weighted by Crippen LogP contribution is 2.13. The number of carbonyl (C=O) groups is 1. The molecule has 1 amide bonds. The minimum atomic E-state index is -0.298. The summed E-state index contributed by atoms with van der Waals surface area (Å²) in [5, 5.41) is 0. The molecule has 2 N–H and O–H groups in total. The fourth-order valence-electron chi connectivity index (χ4n) is 2.00. The van der Waals surface area contributed by atoms with Crippen molar-refractivity contribution in [2.75, 3.05) is 13.1 Å². The lowest BCUT2D eigenvalue weighted by molar-refractivity contribution is -0.133. The molecule has 0 aromatic heterocycles. The molecule has 0 spiro atoms. The van der Waals surface area contributed by atoms with Crippen LogP contribution in [-0.2, 0) is 4.79 Å². The summed E-state index contributed by atoms with van der Waals surface area (Å²) >= 11 is 0. The monoisotopic (exact) mass is 212 g/mol. The molecule has 3 nitrogen and oxygen atoms in total. The standard InChI is InChI=1S/C12H24N2O/c1-3-10(2)11(13)12(15)14-8-6-4-5-7-9-14/h10-11H,3-9,13H2,1-2H3/t10?,11-/m0/s1. The Bertz CT molecular complexity index is 198. The Kier molecular flexibility index (Phi) is 5.09. The highest BCUT2D eigenvalue weighted by molar-refractivity contribution is 5.81. The molecule has 2 atom stereocenters. The van der Waals surface area contributed by atoms with Gasteiger partial charge in [-0.05, 0) is 18.8 Å². The average molecular weight is 212 g/mol. The maximum atomic E-state index is 12.1. The summed E-state index contributed by atoms with van der Waals surface area (Å²) in [6.45, 7) is 5.95. The zero-order chi connectivity index (χ0) is 11.3. The average Bonchev–Trinajstić information content (AvgIpc) is 2.54. The largest absolute Gasteiger partial charge is 0.341 e. The highest BCUT2D eigenvalue weighted by atomic mass is 16.2. The SMILES string of the molecule is CCC(C)[C@H](N)C(=O)N1CCCCCC1. The number of nitrogens with zero attached hydrogens (tertiary/aromatic N) is 1. The van der Waals surface area contributed by atoms with E-state index in [0.717, 1.165) is 32.4 Å². The van der Waals surface area contributed by atoms with Gasteiger partial charge in [0.05, 0.1) is 6.04 Å². The van der Waals surface area contributed by atoms with E-state index < -0.39 is 0 Å². The number of likely N-dealkylation sites (tertiary alicyclic amines) is 1. The first-order valence-corrected chi connectivity index (χ1v) is 6.21. The Morgan fingerprint density at radius 3 is 2.27 bits per heavy atom. The van der Waals surface area contributed by atoms with E-state index in [1.165, 1.54) is 12.8 Å². The lowest BCUT2D eigenvalue weighted by Crippen LogP contribution is -2.47. The van der Waals surface area contributed by atoms with Crippen molar-refractivity contribution in [2.45, 2.75) is 52.0 Å². The van der Waals surface area contributed by atoms with E-state index in [-0.39, 0.29) is 11.9 Å². The maximum absolute atomic E-state index is 12.1. The van der Waals surface area contributed by atoms with Gasteiger partial charge in [-0.25, -0.2) is 0 Å². The lowest BCUT2D eigenvalue weighted by atomic mass is 9.99. The third-order valence-corrected chi connectivity index (χ3v) is 3.46. The smallest absolute Gasteiger partial charge is 0.239 e. The second-order valence-electron chi connectivity index (χ2n) is 4.65. The molecule has 0 aromatic carbocycles. The number of amides is 1. The van der Waals surface area contributed by atoms with Crippen molar-refractivity contribution in [1.82, 2.24) is 4.90 Å². The molecular weight excluding hydrogens is 188 g/mol. The molecule has 1 aliphatic heterocycles. The number of rotatable bonds is 3. The summed E-state index contributed by atoms with van der Waals surface area (Å²) in [5.41, 5.74) is 5.96. The number of nitrogens with two attached hydrogens (primary N) is 1. The van der Waals surface area contributed by atoms with Gasteiger partial charge in [-0.3, -0.25) is 4.79 Å². The van der Waals surface area contributed by atoms with Crippen molar-refractivity contribution in [3.8, 4) is 0 Å². The molecule has 88 valence electrons. The fourth-order valence-corrected chi connectivity index (χ4v) is 2.00. The second-order valence-corrected chi connectivity index (χ2v) is 4.65. The van der Waals surface area contributed by atoms with Gasteiger partial charge in [0.1, 0.15) is 0 Å². The third kappa shape index (κ3) is 3.49. The molecule has 0 aliphatic carbocycles. The fraction of sp³-hybridized carbons (Fsp3) is 0.917. The Labute approximate surface area is 93.0 Å². The van der Waals surface area contributed by atoms with E-state index in [1.54, 1.807) is 0 Å². The molecule has 0 saturated carbocycles. The van der Waals surface area contributed by atoms with E-state index in [9.17, 15) is 4.79 Å². The molecule has 1 heterocycles. The molecule has 1 aliphatic rings. The van der Waals surface area contributed by atoms with Gasteiger partial charge in [0, 0.05) is 13.1 Å². The van der Waals surface area contributed by atoms with Crippen LogP contribution in [0.4, 0.5) is 0 Å². The first-order chi connectivity index (χ1) is 7.16. The van der Waals surface area contributed by atoms with Gasteiger partial charge in [0.15, 0.2) is 0 Å². The van der Waals surface area contributed by atoms with Crippen LogP contribution in [0.15, 0.2) is 0 Å². The van der Waals surface area contributed by atoms with Gasteiger partial charge < -0.3 is 10.6 Å². The Hall–Kier alpha value is -0.570. The normalized spacial score (nSPS) is 21.9. The van der Waals surface area contributed by atoms with Crippen LogP contribution in [0.2, 0.25) is 0 Å². The molecule has 0 radical (unpaired) electrons. The highest BCUT2D eigenvalue weighted by Gasteiger charge is 2.25. The van der Waals surface area contributed by atoms with Gasteiger partial charge in [0.25, 0.3) is 0 Å². The van der Waals surface area contributed by atoms with Gasteiger partial charge in [0.2, 0.25) is 5.91 Å². The van der Waals surface area contributed by atoms with Crippen molar-refractivity contribution in [3.05, 3.63) is 0 Å². The molecule has 3 heteroatoms. The van der Waals surface area contributed by atoms with Crippen LogP contribution in [0.1, 0.15) is 46.0 Å². The first-order valence-electron chi connectivity index (χ1n) is 6.21. The van der Waals surface area contributed by atoms with Crippen LogP contribution >= 0.6 is 0 Å². The molecule has 1 unspecified atom stereocenters. The van der Waals surface area contributed by atoms with E-state index in [2.05, 4.69) is 13.8 Å². The second kappa shape index (κ2) is 6.11. The summed E-state index contributed by atoms with van der Waals surface area (Å²) in [5.74, 6) is 0.451. The van der Waals surface area contributed by atoms with Crippen LogP contribution in [0.25, 0.3) is 0 Å². The summed E-state index contributed by atoms with van der Waals surface area (Å²) in [4.78, 5) is 14.0. The molecule has 1 rings (SSSR count). The van der Waals surface area contributed by atoms with Crippen LogP contribution in [0.3, 0.4) is 0 Å². The van der Waals surface area contributed by atoms with E-state index in [1.807, 2.05) is 4.90 Å². The lowest BCUT2D eigenvalue weighted by Gasteiger charge is -2.26. The Morgan fingerprint density at radius 2 is 1.80 bits per heavy atom. The zero-order valence-electron chi connectivity index (χ0n) is 10.0. The van der Waals surface area contributed by atoms with Crippen LogP contribution in [-0.4, -0.2) is 29.9 Å². The van der Waals surface area contributed by atoms with Crippen molar-refractivity contribution in [3.63, 3.8) is 0 Å². The number of hydrogen-bond donors (Lipinski definition) is 1. The first kappa shape index (κ1) is 12.5. The quantitative estimate of drug-likeness (QED) is 0.775. The topological polar surface area (TPSA) is 46.3 Å². The Morgan fingerprint density at radius 1 is 1.27 bits per heavy atom. The van der Waals surface area contributed by atoms with Crippen molar-refractivity contribution in [1.29, 1.82) is 0 Å². The summed E-state index contributed by atoms with van der Waals surface area (Å²) < 4.78 is 0. The van der Waals surface area contributed by atoms with E-state index in [0.29, 0.717) is 5.92 Å². The van der Waals surface area contributed by atoms with E-state index in [4.69, 9.17) is 5.73 Å². The molecular formula is C12H24N2O. The van der Waals surface area contributed by atoms with Gasteiger partial charge in [-0.1, -0.05) is 33.1 Å². The Balaban J connectivity index is 2.49. The molecule has 1 saturated heterocycles. The minimum absolute atomic E-state index is 0.159. The summed E-state index contributed by atoms with van der Waals surface area (Å²) in [6, 6.07) is -0.298. The van der Waals surface area contributed by atoms with Crippen molar-refractivity contribution < 1.29 is 4.79 Å². The predicted octanol–water partition coefficient (Wildman–Crippen LogP) is 1.76. The van der Waals surface area contributed by atoms with Gasteiger partial charge in [-0.2, -0.15) is 0 Å². The van der Waals surface area contributed by atoms with Gasteiger partial charge in [-0.15, -0.1) is 0 Å².